The monoisotopic (exact) mass is 273 g/mol. The number of fused-ring (bicyclic) bond motifs is 1. The standard InChI is InChI=1S/C15H19N3O2/c1-10-6-8-17(9-11(10)2)14-13(15(19)20)18-7-4-3-5-12(18)16-14/h3-5,7,10-11H,6,8-9H2,1-2H3,(H,19,20). The molecule has 1 aliphatic heterocycles. The van der Waals surface area contributed by atoms with E-state index in [4.69, 9.17) is 0 Å². The number of aromatic carboxylic acids is 1. The maximum absolute atomic E-state index is 11.6. The second-order valence-corrected chi connectivity index (χ2v) is 5.71. The van der Waals surface area contributed by atoms with Gasteiger partial charge in [0.25, 0.3) is 0 Å². The van der Waals surface area contributed by atoms with Crippen molar-refractivity contribution < 1.29 is 9.90 Å². The van der Waals surface area contributed by atoms with Gasteiger partial charge in [-0.05, 0) is 30.4 Å². The summed E-state index contributed by atoms with van der Waals surface area (Å²) in [6.07, 6.45) is 2.83. The van der Waals surface area contributed by atoms with Crippen LogP contribution in [0.2, 0.25) is 0 Å². The van der Waals surface area contributed by atoms with E-state index in [1.54, 1.807) is 10.6 Å². The van der Waals surface area contributed by atoms with Gasteiger partial charge in [-0.25, -0.2) is 9.78 Å². The Morgan fingerprint density at radius 1 is 1.35 bits per heavy atom. The van der Waals surface area contributed by atoms with Crippen LogP contribution in [0.25, 0.3) is 5.65 Å². The van der Waals surface area contributed by atoms with E-state index in [1.165, 1.54) is 0 Å². The maximum Gasteiger partial charge on any atom is 0.356 e. The zero-order valence-corrected chi connectivity index (χ0v) is 11.8. The molecule has 0 aromatic carbocycles. The van der Waals surface area contributed by atoms with Gasteiger partial charge in [-0.15, -0.1) is 0 Å². The zero-order valence-electron chi connectivity index (χ0n) is 11.8. The molecule has 5 heteroatoms. The molecule has 0 spiro atoms. The van der Waals surface area contributed by atoms with Crippen LogP contribution in [0.15, 0.2) is 24.4 Å². The molecular weight excluding hydrogens is 254 g/mol. The Morgan fingerprint density at radius 2 is 2.15 bits per heavy atom. The van der Waals surface area contributed by atoms with Crippen molar-refractivity contribution in [3.8, 4) is 0 Å². The molecular formula is C15H19N3O2. The molecule has 1 aliphatic rings. The average Bonchev–Trinajstić information content (AvgIpc) is 2.81. The number of hydrogen-bond acceptors (Lipinski definition) is 3. The Morgan fingerprint density at radius 3 is 2.85 bits per heavy atom. The Hall–Kier alpha value is -2.04. The smallest absolute Gasteiger partial charge is 0.356 e. The number of rotatable bonds is 2. The molecule has 3 heterocycles. The minimum Gasteiger partial charge on any atom is -0.476 e. The lowest BCUT2D eigenvalue weighted by atomic mass is 9.89. The number of carboxylic acid groups (broad SMARTS) is 1. The van der Waals surface area contributed by atoms with Gasteiger partial charge in [-0.2, -0.15) is 0 Å². The lowest BCUT2D eigenvalue weighted by Gasteiger charge is -2.35. The highest BCUT2D eigenvalue weighted by Gasteiger charge is 2.28. The molecule has 0 radical (unpaired) electrons. The van der Waals surface area contributed by atoms with Crippen molar-refractivity contribution in [3.63, 3.8) is 0 Å². The van der Waals surface area contributed by atoms with E-state index in [2.05, 4.69) is 23.7 Å². The number of piperidine rings is 1. The minimum absolute atomic E-state index is 0.266. The van der Waals surface area contributed by atoms with Crippen LogP contribution in [0.3, 0.4) is 0 Å². The predicted molar refractivity (Wildman–Crippen MR) is 77.3 cm³/mol. The summed E-state index contributed by atoms with van der Waals surface area (Å²) in [5.41, 5.74) is 0.952. The van der Waals surface area contributed by atoms with Crippen LogP contribution in [0, 0.1) is 11.8 Å². The normalized spacial score (nSPS) is 23.2. The lowest BCUT2D eigenvalue weighted by molar-refractivity contribution is 0.0690. The predicted octanol–water partition coefficient (Wildman–Crippen LogP) is 2.51. The number of hydrogen-bond donors (Lipinski definition) is 1. The molecule has 0 bridgehead atoms. The fourth-order valence-corrected chi connectivity index (χ4v) is 2.86. The third-order valence-corrected chi connectivity index (χ3v) is 4.35. The molecule has 20 heavy (non-hydrogen) atoms. The molecule has 3 rings (SSSR count). The van der Waals surface area contributed by atoms with Crippen molar-refractivity contribution in [3.05, 3.63) is 30.1 Å². The molecule has 1 fully saturated rings. The first kappa shape index (κ1) is 13.0. The van der Waals surface area contributed by atoms with E-state index in [-0.39, 0.29) is 5.69 Å². The Kier molecular flexibility index (Phi) is 3.12. The average molecular weight is 273 g/mol. The number of anilines is 1. The first-order chi connectivity index (χ1) is 9.58. The molecule has 2 aromatic rings. The molecule has 0 aliphatic carbocycles. The van der Waals surface area contributed by atoms with Gasteiger partial charge >= 0.3 is 5.97 Å². The van der Waals surface area contributed by atoms with Crippen molar-refractivity contribution in [2.45, 2.75) is 20.3 Å². The van der Waals surface area contributed by atoms with E-state index >= 15 is 0 Å². The molecule has 0 amide bonds. The van der Waals surface area contributed by atoms with Gasteiger partial charge in [0.15, 0.2) is 11.5 Å². The largest absolute Gasteiger partial charge is 0.476 e. The van der Waals surface area contributed by atoms with Crippen LogP contribution in [-0.4, -0.2) is 33.6 Å². The Bertz CT molecular complexity index is 650. The highest BCUT2D eigenvalue weighted by molar-refractivity contribution is 5.93. The van der Waals surface area contributed by atoms with E-state index in [9.17, 15) is 9.90 Å². The van der Waals surface area contributed by atoms with Crippen molar-refractivity contribution in [2.24, 2.45) is 11.8 Å². The van der Waals surface area contributed by atoms with Gasteiger partial charge in [0.2, 0.25) is 0 Å². The first-order valence-electron chi connectivity index (χ1n) is 7.03. The van der Waals surface area contributed by atoms with E-state index < -0.39 is 5.97 Å². The van der Waals surface area contributed by atoms with Crippen molar-refractivity contribution >= 4 is 17.4 Å². The van der Waals surface area contributed by atoms with E-state index in [0.29, 0.717) is 23.3 Å². The number of carboxylic acids is 1. The fraction of sp³-hybridized carbons (Fsp3) is 0.467. The van der Waals surface area contributed by atoms with Gasteiger partial charge in [-0.1, -0.05) is 19.9 Å². The SMILES string of the molecule is CC1CCN(c2nc3ccccn3c2C(=O)O)CC1C. The second kappa shape index (κ2) is 4.81. The number of pyridine rings is 1. The van der Waals surface area contributed by atoms with Crippen LogP contribution >= 0.6 is 0 Å². The molecule has 0 saturated carbocycles. The summed E-state index contributed by atoms with van der Waals surface area (Å²) in [4.78, 5) is 18.2. The Labute approximate surface area is 117 Å². The molecule has 5 nitrogen and oxygen atoms in total. The number of nitrogens with zero attached hydrogens (tertiary/aromatic N) is 3. The van der Waals surface area contributed by atoms with Crippen molar-refractivity contribution in [1.29, 1.82) is 0 Å². The van der Waals surface area contributed by atoms with Gasteiger partial charge < -0.3 is 10.0 Å². The van der Waals surface area contributed by atoms with Crippen LogP contribution in [0.4, 0.5) is 5.82 Å². The maximum atomic E-state index is 11.6. The highest BCUT2D eigenvalue weighted by Crippen LogP contribution is 2.29. The summed E-state index contributed by atoms with van der Waals surface area (Å²) >= 11 is 0. The number of aromatic nitrogens is 2. The van der Waals surface area contributed by atoms with Crippen molar-refractivity contribution in [2.75, 3.05) is 18.0 Å². The number of carbonyl (C=O) groups is 1. The Balaban J connectivity index is 2.07. The van der Waals surface area contributed by atoms with Gasteiger partial charge in [0.05, 0.1) is 0 Å². The summed E-state index contributed by atoms with van der Waals surface area (Å²) in [5, 5.41) is 9.51. The summed E-state index contributed by atoms with van der Waals surface area (Å²) in [6, 6.07) is 5.54. The van der Waals surface area contributed by atoms with E-state index in [0.717, 1.165) is 19.5 Å². The molecule has 106 valence electrons. The molecule has 1 N–H and O–H groups in total. The van der Waals surface area contributed by atoms with Crippen LogP contribution in [0.1, 0.15) is 30.8 Å². The van der Waals surface area contributed by atoms with E-state index in [1.807, 2.05) is 18.2 Å². The summed E-state index contributed by atoms with van der Waals surface area (Å²) in [7, 11) is 0. The van der Waals surface area contributed by atoms with Crippen LogP contribution in [-0.2, 0) is 0 Å². The van der Waals surface area contributed by atoms with Crippen LogP contribution in [0.5, 0.6) is 0 Å². The third-order valence-electron chi connectivity index (χ3n) is 4.35. The van der Waals surface area contributed by atoms with Gasteiger partial charge in [0.1, 0.15) is 5.65 Å². The third kappa shape index (κ3) is 2.03. The van der Waals surface area contributed by atoms with Crippen LogP contribution < -0.4 is 4.90 Å². The molecule has 2 unspecified atom stereocenters. The second-order valence-electron chi connectivity index (χ2n) is 5.71. The topological polar surface area (TPSA) is 57.8 Å². The summed E-state index contributed by atoms with van der Waals surface area (Å²) in [6.45, 7) is 6.21. The minimum atomic E-state index is -0.926. The van der Waals surface area contributed by atoms with Crippen molar-refractivity contribution in [1.82, 2.24) is 9.38 Å². The summed E-state index contributed by atoms with van der Waals surface area (Å²) in [5.74, 6) is 0.902. The van der Waals surface area contributed by atoms with Gasteiger partial charge in [-0.3, -0.25) is 4.40 Å². The summed E-state index contributed by atoms with van der Waals surface area (Å²) < 4.78 is 1.65. The quantitative estimate of drug-likeness (QED) is 0.913. The van der Waals surface area contributed by atoms with Gasteiger partial charge in [0, 0.05) is 19.3 Å². The molecule has 1 saturated heterocycles. The highest BCUT2D eigenvalue weighted by atomic mass is 16.4. The number of imidazole rings is 1. The molecule has 2 aromatic heterocycles. The zero-order chi connectivity index (χ0) is 14.3. The molecule has 2 atom stereocenters. The fourth-order valence-electron chi connectivity index (χ4n) is 2.86. The first-order valence-corrected chi connectivity index (χ1v) is 7.03. The lowest BCUT2D eigenvalue weighted by Crippen LogP contribution is -2.39.